The molecule has 1 saturated heterocycles. The second-order valence-corrected chi connectivity index (χ2v) is 8.90. The van der Waals surface area contributed by atoms with E-state index in [2.05, 4.69) is 30.1 Å². The molecule has 0 aromatic carbocycles. The minimum absolute atomic E-state index is 0.0461. The van der Waals surface area contributed by atoms with E-state index in [9.17, 15) is 4.79 Å². The Bertz CT molecular complexity index is 641. The monoisotopic (exact) mass is 346 g/mol. The molecule has 1 aromatic heterocycles. The van der Waals surface area contributed by atoms with E-state index in [1.54, 1.807) is 0 Å². The van der Waals surface area contributed by atoms with Crippen molar-refractivity contribution in [3.8, 4) is 0 Å². The third kappa shape index (κ3) is 3.71. The smallest absolute Gasteiger partial charge is 0.318 e. The zero-order valence-corrected chi connectivity index (χ0v) is 15.6. The Morgan fingerprint density at radius 1 is 1.36 bits per heavy atom. The van der Waals surface area contributed by atoms with Gasteiger partial charge >= 0.3 is 6.03 Å². The standard InChI is InChI=1S/C20H30N2O3/c1-13-8-16-17(9-20(2,3)10-18(16)25-13)21-19(23)22(15-4-5-15)11-14-6-7-24-12-14/h8,14-15,17H,4-7,9-12H2,1-3H3,(H,21,23)/t14-,17+/m0/s1. The molecule has 0 bridgehead atoms. The number of amides is 2. The summed E-state index contributed by atoms with van der Waals surface area (Å²) in [7, 11) is 0. The van der Waals surface area contributed by atoms with Gasteiger partial charge in [0.15, 0.2) is 0 Å². The SMILES string of the molecule is Cc1cc2c(o1)CC(C)(C)C[C@H]2NC(=O)N(C[C@@H]1CCOC1)C1CC1. The van der Waals surface area contributed by atoms with E-state index in [4.69, 9.17) is 9.15 Å². The van der Waals surface area contributed by atoms with Gasteiger partial charge < -0.3 is 19.4 Å². The molecule has 5 heteroatoms. The molecule has 5 nitrogen and oxygen atoms in total. The molecule has 4 rings (SSSR count). The van der Waals surface area contributed by atoms with Gasteiger partial charge in [-0.15, -0.1) is 0 Å². The minimum atomic E-state index is 0.0461. The van der Waals surface area contributed by atoms with Crippen LogP contribution >= 0.6 is 0 Å². The highest BCUT2D eigenvalue weighted by molar-refractivity contribution is 5.75. The number of nitrogens with one attached hydrogen (secondary N) is 1. The second-order valence-electron chi connectivity index (χ2n) is 8.90. The van der Waals surface area contributed by atoms with Crippen LogP contribution in [0.3, 0.4) is 0 Å². The molecule has 1 saturated carbocycles. The highest BCUT2D eigenvalue weighted by Gasteiger charge is 2.39. The van der Waals surface area contributed by atoms with Crippen LogP contribution in [0.25, 0.3) is 0 Å². The van der Waals surface area contributed by atoms with Gasteiger partial charge in [-0.3, -0.25) is 0 Å². The fraction of sp³-hybridized carbons (Fsp3) is 0.750. The topological polar surface area (TPSA) is 54.7 Å². The molecule has 0 unspecified atom stereocenters. The van der Waals surface area contributed by atoms with Crippen LogP contribution in [-0.2, 0) is 11.2 Å². The third-order valence-electron chi connectivity index (χ3n) is 5.76. The van der Waals surface area contributed by atoms with E-state index in [-0.39, 0.29) is 17.5 Å². The summed E-state index contributed by atoms with van der Waals surface area (Å²) in [6.45, 7) is 8.94. The molecule has 3 aliphatic rings. The first kappa shape index (κ1) is 17.0. The number of furan rings is 1. The van der Waals surface area contributed by atoms with Crippen molar-refractivity contribution in [1.82, 2.24) is 10.2 Å². The van der Waals surface area contributed by atoms with Crippen molar-refractivity contribution < 1.29 is 13.9 Å². The van der Waals surface area contributed by atoms with Crippen LogP contribution in [-0.4, -0.2) is 36.7 Å². The zero-order chi connectivity index (χ0) is 17.6. The van der Waals surface area contributed by atoms with Gasteiger partial charge in [-0.2, -0.15) is 0 Å². The number of nitrogens with zero attached hydrogens (tertiary/aromatic N) is 1. The summed E-state index contributed by atoms with van der Waals surface area (Å²) in [5.74, 6) is 2.46. The fourth-order valence-electron chi connectivity index (χ4n) is 4.33. The Balaban J connectivity index is 1.48. The lowest BCUT2D eigenvalue weighted by Crippen LogP contribution is -2.46. The molecular formula is C20H30N2O3. The van der Waals surface area contributed by atoms with E-state index in [0.717, 1.165) is 63.4 Å². The molecule has 25 heavy (non-hydrogen) atoms. The molecule has 1 aromatic rings. The molecule has 2 fully saturated rings. The number of carbonyl (C=O) groups is 1. The van der Waals surface area contributed by atoms with Crippen molar-refractivity contribution in [2.75, 3.05) is 19.8 Å². The van der Waals surface area contributed by atoms with E-state index in [0.29, 0.717) is 12.0 Å². The highest BCUT2D eigenvalue weighted by Crippen LogP contribution is 2.42. The predicted octanol–water partition coefficient (Wildman–Crippen LogP) is 3.81. The number of ether oxygens (including phenoxy) is 1. The lowest BCUT2D eigenvalue weighted by atomic mass is 9.75. The Morgan fingerprint density at radius 2 is 2.16 bits per heavy atom. The van der Waals surface area contributed by atoms with Crippen LogP contribution in [0, 0.1) is 18.3 Å². The molecule has 2 atom stereocenters. The van der Waals surface area contributed by atoms with Crippen LogP contribution < -0.4 is 5.32 Å². The van der Waals surface area contributed by atoms with Gasteiger partial charge in [0.2, 0.25) is 0 Å². The quantitative estimate of drug-likeness (QED) is 0.902. The molecule has 1 N–H and O–H groups in total. The van der Waals surface area contributed by atoms with Gasteiger partial charge in [0, 0.05) is 37.1 Å². The van der Waals surface area contributed by atoms with Crippen molar-refractivity contribution in [3.63, 3.8) is 0 Å². The summed E-state index contributed by atoms with van der Waals surface area (Å²) in [6, 6.07) is 2.65. The summed E-state index contributed by atoms with van der Waals surface area (Å²) in [5, 5.41) is 3.33. The van der Waals surface area contributed by atoms with Gasteiger partial charge in [-0.1, -0.05) is 13.8 Å². The Kier molecular flexibility index (Phi) is 4.30. The second kappa shape index (κ2) is 6.35. The number of fused-ring (bicyclic) bond motifs is 1. The maximum absolute atomic E-state index is 13.1. The number of carbonyl (C=O) groups excluding carboxylic acids is 1. The van der Waals surface area contributed by atoms with E-state index in [1.165, 1.54) is 5.56 Å². The Hall–Kier alpha value is -1.49. The first-order valence-electron chi connectivity index (χ1n) is 9.65. The zero-order valence-electron chi connectivity index (χ0n) is 15.6. The first-order valence-corrected chi connectivity index (χ1v) is 9.65. The van der Waals surface area contributed by atoms with Crippen LogP contribution in [0.5, 0.6) is 0 Å². The van der Waals surface area contributed by atoms with Gasteiger partial charge in [-0.05, 0) is 44.1 Å². The number of rotatable bonds is 4. The lowest BCUT2D eigenvalue weighted by Gasteiger charge is -2.36. The van der Waals surface area contributed by atoms with Crippen LogP contribution in [0.4, 0.5) is 4.79 Å². The van der Waals surface area contributed by atoms with E-state index in [1.807, 2.05) is 6.92 Å². The predicted molar refractivity (Wildman–Crippen MR) is 95.5 cm³/mol. The molecule has 1 aliphatic heterocycles. The maximum atomic E-state index is 13.1. The van der Waals surface area contributed by atoms with Gasteiger partial charge in [0.05, 0.1) is 12.6 Å². The molecule has 2 aliphatic carbocycles. The summed E-state index contributed by atoms with van der Waals surface area (Å²) in [6.07, 6.45) is 5.22. The van der Waals surface area contributed by atoms with E-state index >= 15 is 0 Å². The number of urea groups is 1. The average Bonchev–Trinajstić information content (AvgIpc) is 3.09. The fourth-order valence-corrected chi connectivity index (χ4v) is 4.33. The van der Waals surface area contributed by atoms with Crippen molar-refractivity contribution in [3.05, 3.63) is 23.2 Å². The van der Waals surface area contributed by atoms with Crippen LogP contribution in [0.2, 0.25) is 0 Å². The van der Waals surface area contributed by atoms with Crippen molar-refractivity contribution in [2.24, 2.45) is 11.3 Å². The van der Waals surface area contributed by atoms with Crippen LogP contribution in [0.15, 0.2) is 10.5 Å². The van der Waals surface area contributed by atoms with Crippen molar-refractivity contribution >= 4 is 6.03 Å². The Morgan fingerprint density at radius 3 is 2.84 bits per heavy atom. The molecule has 138 valence electrons. The first-order chi connectivity index (χ1) is 11.9. The normalized spacial score (nSPS) is 27.8. The Labute approximate surface area is 150 Å². The summed E-state index contributed by atoms with van der Waals surface area (Å²) in [4.78, 5) is 15.1. The molecule has 2 amide bonds. The van der Waals surface area contributed by atoms with E-state index < -0.39 is 0 Å². The number of hydrogen-bond acceptors (Lipinski definition) is 3. The summed E-state index contributed by atoms with van der Waals surface area (Å²) >= 11 is 0. The average molecular weight is 346 g/mol. The number of hydrogen-bond donors (Lipinski definition) is 1. The van der Waals surface area contributed by atoms with Gasteiger partial charge in [-0.25, -0.2) is 4.79 Å². The molecule has 2 heterocycles. The van der Waals surface area contributed by atoms with Gasteiger partial charge in [0.25, 0.3) is 0 Å². The largest absolute Gasteiger partial charge is 0.466 e. The van der Waals surface area contributed by atoms with Crippen molar-refractivity contribution in [1.29, 1.82) is 0 Å². The summed E-state index contributed by atoms with van der Waals surface area (Å²) < 4.78 is 11.4. The van der Waals surface area contributed by atoms with Crippen LogP contribution in [0.1, 0.15) is 62.7 Å². The number of aryl methyl sites for hydroxylation is 1. The summed E-state index contributed by atoms with van der Waals surface area (Å²) in [5.41, 5.74) is 1.31. The highest BCUT2D eigenvalue weighted by atomic mass is 16.5. The lowest BCUT2D eigenvalue weighted by molar-refractivity contribution is 0.156. The molecule has 0 spiro atoms. The molecular weight excluding hydrogens is 316 g/mol. The van der Waals surface area contributed by atoms with Crippen molar-refractivity contribution in [2.45, 2.75) is 65.0 Å². The third-order valence-corrected chi connectivity index (χ3v) is 5.76. The van der Waals surface area contributed by atoms with Gasteiger partial charge in [0.1, 0.15) is 11.5 Å². The minimum Gasteiger partial charge on any atom is -0.466 e. The maximum Gasteiger partial charge on any atom is 0.318 e. The molecule has 0 radical (unpaired) electrons.